The van der Waals surface area contributed by atoms with E-state index >= 15 is 0 Å². The maximum Gasteiger partial charge on any atom is 0.372 e. The smallest absolute Gasteiger partial charge is 0.372 e. The summed E-state index contributed by atoms with van der Waals surface area (Å²) < 4.78 is 10.1. The quantitative estimate of drug-likeness (QED) is 0.629. The molecule has 1 amide bonds. The van der Waals surface area contributed by atoms with Gasteiger partial charge in [-0.1, -0.05) is 30.3 Å². The van der Waals surface area contributed by atoms with Crippen LogP contribution in [0.4, 0.5) is 0 Å². The molecule has 0 saturated heterocycles. The summed E-state index contributed by atoms with van der Waals surface area (Å²) in [6.07, 6.45) is -0.00810. The van der Waals surface area contributed by atoms with Gasteiger partial charge in [-0.25, -0.2) is 4.79 Å². The minimum atomic E-state index is -1.85. The van der Waals surface area contributed by atoms with Gasteiger partial charge in [0.05, 0.1) is 6.61 Å². The molecule has 6 heteroatoms. The molecule has 0 aromatic heterocycles. The third-order valence-corrected chi connectivity index (χ3v) is 2.60. The molecule has 0 radical (unpaired) electrons. The lowest BCUT2D eigenvalue weighted by atomic mass is 10.0. The highest BCUT2D eigenvalue weighted by Gasteiger charge is 2.44. The molecule has 1 rings (SSSR count). The largest absolute Gasteiger partial charge is 0.462 e. The first-order chi connectivity index (χ1) is 9.89. The Morgan fingerprint density at radius 3 is 2.24 bits per heavy atom. The van der Waals surface area contributed by atoms with E-state index in [1.54, 1.807) is 31.2 Å². The zero-order valence-electron chi connectivity index (χ0n) is 12.3. The second-order valence-electron chi connectivity index (χ2n) is 4.48. The number of benzene rings is 1. The molecule has 1 N–H and O–H groups in total. The topological polar surface area (TPSA) is 81.7 Å². The van der Waals surface area contributed by atoms with E-state index in [0.29, 0.717) is 0 Å². The fourth-order valence-corrected chi connectivity index (χ4v) is 1.93. The average Bonchev–Trinajstić information content (AvgIpc) is 2.38. The first-order valence-electron chi connectivity index (χ1n) is 6.59. The van der Waals surface area contributed by atoms with E-state index in [9.17, 15) is 14.4 Å². The maximum absolute atomic E-state index is 12.2. The predicted molar refractivity (Wildman–Crippen MR) is 75.1 cm³/mol. The summed E-state index contributed by atoms with van der Waals surface area (Å²) >= 11 is 0. The van der Waals surface area contributed by atoms with Crippen molar-refractivity contribution >= 4 is 17.8 Å². The molecule has 0 bridgehead atoms. The summed E-state index contributed by atoms with van der Waals surface area (Å²) in [5, 5.41) is 2.40. The zero-order valence-corrected chi connectivity index (χ0v) is 12.3. The van der Waals surface area contributed by atoms with Gasteiger partial charge in [-0.05, 0) is 12.5 Å². The SMILES string of the molecule is CCOC(=O)C(Cc1ccccc1)(NC(C)=O)OC(C)=O. The second-order valence-corrected chi connectivity index (χ2v) is 4.48. The van der Waals surface area contributed by atoms with Crippen LogP contribution in [0.1, 0.15) is 26.3 Å². The Balaban J connectivity index is 3.17. The molecule has 1 aromatic rings. The minimum Gasteiger partial charge on any atom is -0.462 e. The Hall–Kier alpha value is -2.37. The van der Waals surface area contributed by atoms with Crippen LogP contribution in [0, 0.1) is 0 Å². The van der Waals surface area contributed by atoms with Crippen molar-refractivity contribution in [3.63, 3.8) is 0 Å². The monoisotopic (exact) mass is 293 g/mol. The van der Waals surface area contributed by atoms with E-state index in [0.717, 1.165) is 5.56 Å². The van der Waals surface area contributed by atoms with Gasteiger partial charge in [0, 0.05) is 20.3 Å². The molecule has 1 atom stereocenters. The lowest BCUT2D eigenvalue weighted by Crippen LogP contribution is -2.59. The summed E-state index contributed by atoms with van der Waals surface area (Å²) in [7, 11) is 0. The summed E-state index contributed by atoms with van der Waals surface area (Å²) in [5.41, 5.74) is -1.13. The molecule has 0 spiro atoms. The number of carbonyl (C=O) groups is 3. The van der Waals surface area contributed by atoms with E-state index < -0.39 is 23.6 Å². The van der Waals surface area contributed by atoms with Gasteiger partial charge in [-0.15, -0.1) is 0 Å². The molecule has 21 heavy (non-hydrogen) atoms. The molecule has 1 unspecified atom stereocenters. The molecule has 0 saturated carbocycles. The molecule has 0 heterocycles. The van der Waals surface area contributed by atoms with E-state index in [1.807, 2.05) is 6.07 Å². The first kappa shape index (κ1) is 16.7. The molecular formula is C15H19NO5. The highest BCUT2D eigenvalue weighted by Crippen LogP contribution is 2.18. The summed E-state index contributed by atoms with van der Waals surface area (Å²) in [4.78, 5) is 35.0. The van der Waals surface area contributed by atoms with E-state index in [1.165, 1.54) is 13.8 Å². The van der Waals surface area contributed by atoms with Crippen molar-refractivity contribution < 1.29 is 23.9 Å². The van der Waals surface area contributed by atoms with Crippen molar-refractivity contribution in [2.45, 2.75) is 32.9 Å². The minimum absolute atomic E-state index is 0.00810. The normalized spacial score (nSPS) is 12.9. The summed E-state index contributed by atoms with van der Waals surface area (Å²) in [6, 6.07) is 8.91. The predicted octanol–water partition coefficient (Wildman–Crippen LogP) is 1.19. The standard InChI is InChI=1S/C15H19NO5/c1-4-20-14(19)15(16-11(2)17,21-12(3)18)10-13-8-6-5-7-9-13/h5-9H,4,10H2,1-3H3,(H,16,17). The lowest BCUT2D eigenvalue weighted by Gasteiger charge is -2.31. The molecular weight excluding hydrogens is 274 g/mol. The van der Waals surface area contributed by atoms with Crippen LogP contribution in [-0.4, -0.2) is 30.2 Å². The number of hydrogen-bond donors (Lipinski definition) is 1. The van der Waals surface area contributed by atoms with Crippen molar-refractivity contribution in [1.29, 1.82) is 0 Å². The van der Waals surface area contributed by atoms with Gasteiger partial charge in [0.2, 0.25) is 5.91 Å². The first-order valence-corrected chi connectivity index (χ1v) is 6.59. The Morgan fingerprint density at radius 2 is 1.76 bits per heavy atom. The second kappa shape index (κ2) is 7.42. The van der Waals surface area contributed by atoms with Crippen molar-refractivity contribution in [2.24, 2.45) is 0 Å². The van der Waals surface area contributed by atoms with Gasteiger partial charge in [0.1, 0.15) is 0 Å². The third kappa shape index (κ3) is 4.91. The highest BCUT2D eigenvalue weighted by molar-refractivity contribution is 5.88. The average molecular weight is 293 g/mol. The van der Waals surface area contributed by atoms with E-state index in [2.05, 4.69) is 5.32 Å². The van der Waals surface area contributed by atoms with Gasteiger partial charge >= 0.3 is 11.9 Å². The molecule has 1 aromatic carbocycles. The fourth-order valence-electron chi connectivity index (χ4n) is 1.93. The number of nitrogens with one attached hydrogen (secondary N) is 1. The number of hydrogen-bond acceptors (Lipinski definition) is 5. The van der Waals surface area contributed by atoms with Crippen LogP contribution in [0.25, 0.3) is 0 Å². The van der Waals surface area contributed by atoms with Gasteiger partial charge in [0.15, 0.2) is 0 Å². The van der Waals surface area contributed by atoms with Crippen LogP contribution < -0.4 is 5.32 Å². The fraction of sp³-hybridized carbons (Fsp3) is 0.400. The van der Waals surface area contributed by atoms with Crippen LogP contribution in [-0.2, 0) is 30.3 Å². The molecule has 0 aliphatic heterocycles. The van der Waals surface area contributed by atoms with Crippen LogP contribution >= 0.6 is 0 Å². The van der Waals surface area contributed by atoms with Gasteiger partial charge < -0.3 is 14.8 Å². The molecule has 0 aliphatic carbocycles. The van der Waals surface area contributed by atoms with Crippen LogP contribution in [0.2, 0.25) is 0 Å². The zero-order chi connectivity index (χ0) is 15.9. The van der Waals surface area contributed by atoms with Gasteiger partial charge in [0.25, 0.3) is 5.72 Å². The Kier molecular flexibility index (Phi) is 5.90. The van der Waals surface area contributed by atoms with Crippen molar-refractivity contribution in [1.82, 2.24) is 5.32 Å². The number of amides is 1. The van der Waals surface area contributed by atoms with Gasteiger partial charge in [-0.2, -0.15) is 0 Å². The van der Waals surface area contributed by atoms with Crippen molar-refractivity contribution in [2.75, 3.05) is 6.61 Å². The molecule has 0 fully saturated rings. The number of rotatable bonds is 6. The van der Waals surface area contributed by atoms with Gasteiger partial charge in [-0.3, -0.25) is 9.59 Å². The molecule has 6 nitrogen and oxygen atoms in total. The lowest BCUT2D eigenvalue weighted by molar-refractivity contribution is -0.187. The van der Waals surface area contributed by atoms with E-state index in [-0.39, 0.29) is 13.0 Å². The highest BCUT2D eigenvalue weighted by atomic mass is 16.6. The van der Waals surface area contributed by atoms with E-state index in [4.69, 9.17) is 9.47 Å². The molecule has 114 valence electrons. The number of esters is 2. The Bertz CT molecular complexity index is 496. The number of carbonyl (C=O) groups excluding carboxylic acids is 3. The van der Waals surface area contributed by atoms with Crippen LogP contribution in [0.3, 0.4) is 0 Å². The van der Waals surface area contributed by atoms with Crippen molar-refractivity contribution in [3.8, 4) is 0 Å². The Morgan fingerprint density at radius 1 is 1.14 bits per heavy atom. The molecule has 0 aliphatic rings. The maximum atomic E-state index is 12.2. The summed E-state index contributed by atoms with van der Waals surface area (Å²) in [5.74, 6) is -1.99. The van der Waals surface area contributed by atoms with Crippen LogP contribution in [0.5, 0.6) is 0 Å². The number of ether oxygens (including phenoxy) is 2. The van der Waals surface area contributed by atoms with Crippen molar-refractivity contribution in [3.05, 3.63) is 35.9 Å². The summed E-state index contributed by atoms with van der Waals surface area (Å²) in [6.45, 7) is 4.15. The van der Waals surface area contributed by atoms with Crippen LogP contribution in [0.15, 0.2) is 30.3 Å². The Labute approximate surface area is 123 Å². The third-order valence-electron chi connectivity index (χ3n) is 2.60.